The molecule has 1 atom stereocenters. The van der Waals surface area contributed by atoms with E-state index in [1.165, 1.54) is 24.9 Å². The minimum Gasteiger partial charge on any atom is -0.379 e. The number of para-hydroxylation sites is 2. The minimum absolute atomic E-state index is 0.467. The number of aromatic nitrogens is 2. The molecule has 2 heterocycles. The lowest BCUT2D eigenvalue weighted by Crippen LogP contribution is -2.41. The topological polar surface area (TPSA) is 33.1 Å². The van der Waals surface area contributed by atoms with Crippen molar-refractivity contribution >= 4 is 5.69 Å². The minimum atomic E-state index is 0.467. The quantitative estimate of drug-likeness (QED) is 0.768. The van der Waals surface area contributed by atoms with E-state index in [0.29, 0.717) is 6.04 Å². The van der Waals surface area contributed by atoms with E-state index in [1.807, 2.05) is 23.1 Å². The molecule has 4 nitrogen and oxygen atoms in total. The van der Waals surface area contributed by atoms with E-state index < -0.39 is 0 Å². The van der Waals surface area contributed by atoms with Crippen LogP contribution in [-0.2, 0) is 6.54 Å². The Balaban J connectivity index is 1.45. The zero-order valence-corrected chi connectivity index (χ0v) is 14.4. The summed E-state index contributed by atoms with van der Waals surface area (Å²) in [5.74, 6) is 0. The molecule has 3 aromatic rings. The highest BCUT2D eigenvalue weighted by Crippen LogP contribution is 2.23. The third-order valence-corrected chi connectivity index (χ3v) is 4.77. The number of likely N-dealkylation sites (tertiary alicyclic amines) is 1. The average molecular weight is 332 g/mol. The number of hydrogen-bond donors (Lipinski definition) is 1. The second kappa shape index (κ2) is 7.53. The molecule has 1 saturated heterocycles. The van der Waals surface area contributed by atoms with Crippen LogP contribution in [0.25, 0.3) is 5.69 Å². The summed E-state index contributed by atoms with van der Waals surface area (Å²) in [7, 11) is 0. The molecule has 4 heteroatoms. The lowest BCUT2D eigenvalue weighted by molar-refractivity contribution is 0.208. The van der Waals surface area contributed by atoms with Gasteiger partial charge in [0.1, 0.15) is 0 Å². The fraction of sp³-hybridized carbons (Fsp3) is 0.286. The number of piperidine rings is 1. The summed E-state index contributed by atoms with van der Waals surface area (Å²) in [6, 6.07) is 21.6. The molecule has 0 radical (unpaired) electrons. The first kappa shape index (κ1) is 15.9. The fourth-order valence-corrected chi connectivity index (χ4v) is 3.59. The molecule has 1 aromatic heterocycles. The summed E-state index contributed by atoms with van der Waals surface area (Å²) < 4.78 is 1.92. The molecular formula is C21H24N4. The predicted molar refractivity (Wildman–Crippen MR) is 102 cm³/mol. The van der Waals surface area contributed by atoms with Gasteiger partial charge in [-0.25, -0.2) is 4.68 Å². The second-order valence-corrected chi connectivity index (χ2v) is 6.67. The second-order valence-electron chi connectivity index (χ2n) is 6.67. The Morgan fingerprint density at radius 2 is 1.84 bits per heavy atom. The van der Waals surface area contributed by atoms with Crippen molar-refractivity contribution in [1.82, 2.24) is 14.7 Å². The van der Waals surface area contributed by atoms with E-state index in [1.54, 1.807) is 0 Å². The van der Waals surface area contributed by atoms with E-state index in [0.717, 1.165) is 24.5 Å². The van der Waals surface area contributed by atoms with Crippen LogP contribution >= 0.6 is 0 Å². The molecule has 128 valence electrons. The van der Waals surface area contributed by atoms with E-state index in [-0.39, 0.29) is 0 Å². The van der Waals surface area contributed by atoms with Gasteiger partial charge in [-0.1, -0.05) is 42.5 Å². The third-order valence-electron chi connectivity index (χ3n) is 4.77. The van der Waals surface area contributed by atoms with Crippen LogP contribution in [0.15, 0.2) is 73.1 Å². The van der Waals surface area contributed by atoms with Gasteiger partial charge in [-0.3, -0.25) is 4.90 Å². The maximum Gasteiger partial charge on any atom is 0.0876 e. The molecule has 1 aliphatic rings. The first-order chi connectivity index (χ1) is 12.4. The van der Waals surface area contributed by atoms with Gasteiger partial charge in [-0.2, -0.15) is 5.10 Å². The molecule has 1 fully saturated rings. The smallest absolute Gasteiger partial charge is 0.0876 e. The van der Waals surface area contributed by atoms with Crippen LogP contribution < -0.4 is 5.32 Å². The van der Waals surface area contributed by atoms with Crippen LogP contribution in [0, 0.1) is 0 Å². The van der Waals surface area contributed by atoms with Crippen LogP contribution in [0.4, 0.5) is 5.69 Å². The summed E-state index contributed by atoms with van der Waals surface area (Å²) in [4.78, 5) is 2.55. The number of nitrogens with one attached hydrogen (secondary N) is 1. The van der Waals surface area contributed by atoms with Crippen LogP contribution in [0.5, 0.6) is 0 Å². The zero-order chi connectivity index (χ0) is 16.9. The van der Waals surface area contributed by atoms with Crippen LogP contribution in [0.3, 0.4) is 0 Å². The van der Waals surface area contributed by atoms with Crippen molar-refractivity contribution in [2.75, 3.05) is 18.4 Å². The fourth-order valence-electron chi connectivity index (χ4n) is 3.59. The molecule has 0 spiro atoms. The summed E-state index contributed by atoms with van der Waals surface area (Å²) in [5.41, 5.74) is 3.64. The van der Waals surface area contributed by atoms with Crippen molar-refractivity contribution in [2.45, 2.75) is 25.4 Å². The van der Waals surface area contributed by atoms with Gasteiger partial charge in [-0.15, -0.1) is 0 Å². The lowest BCUT2D eigenvalue weighted by atomic mass is 10.0. The molecular weight excluding hydrogens is 308 g/mol. The highest BCUT2D eigenvalue weighted by molar-refractivity contribution is 5.61. The maximum absolute atomic E-state index is 4.38. The summed E-state index contributed by atoms with van der Waals surface area (Å²) >= 11 is 0. The van der Waals surface area contributed by atoms with Crippen LogP contribution in [0.2, 0.25) is 0 Å². The Labute approximate surface area is 149 Å². The Bertz CT molecular complexity index is 783. The number of rotatable bonds is 5. The molecule has 1 unspecified atom stereocenters. The van der Waals surface area contributed by atoms with Crippen LogP contribution in [0.1, 0.15) is 18.4 Å². The molecule has 0 amide bonds. The van der Waals surface area contributed by atoms with Gasteiger partial charge in [-0.05, 0) is 43.1 Å². The third kappa shape index (κ3) is 3.91. The van der Waals surface area contributed by atoms with Gasteiger partial charge in [0.25, 0.3) is 0 Å². The highest BCUT2D eigenvalue weighted by Gasteiger charge is 2.20. The van der Waals surface area contributed by atoms with Gasteiger partial charge >= 0.3 is 0 Å². The largest absolute Gasteiger partial charge is 0.379 e. The SMILES string of the molecule is c1ccc(CN2CCCC(Nc3ccccc3-n3cccn3)C2)cc1. The summed E-state index contributed by atoms with van der Waals surface area (Å²) in [6.45, 7) is 3.27. The number of hydrogen-bond acceptors (Lipinski definition) is 3. The molecule has 2 aromatic carbocycles. The van der Waals surface area contributed by atoms with Crippen molar-refractivity contribution in [1.29, 1.82) is 0 Å². The molecule has 0 aliphatic carbocycles. The van der Waals surface area contributed by atoms with Crippen LogP contribution in [-0.4, -0.2) is 33.8 Å². The molecule has 25 heavy (non-hydrogen) atoms. The molecule has 0 saturated carbocycles. The first-order valence-corrected chi connectivity index (χ1v) is 9.00. The molecule has 4 rings (SSSR count). The first-order valence-electron chi connectivity index (χ1n) is 9.00. The van der Waals surface area contributed by atoms with Crippen molar-refractivity contribution in [3.8, 4) is 5.69 Å². The van der Waals surface area contributed by atoms with Crippen molar-refractivity contribution in [3.05, 3.63) is 78.6 Å². The molecule has 1 aliphatic heterocycles. The van der Waals surface area contributed by atoms with E-state index in [4.69, 9.17) is 0 Å². The van der Waals surface area contributed by atoms with Gasteiger partial charge < -0.3 is 5.32 Å². The normalized spacial score (nSPS) is 18.2. The highest BCUT2D eigenvalue weighted by atomic mass is 15.3. The molecule has 1 N–H and O–H groups in total. The average Bonchev–Trinajstić information content (AvgIpc) is 3.18. The Hall–Kier alpha value is -2.59. The summed E-state index contributed by atoms with van der Waals surface area (Å²) in [5, 5.41) is 8.13. The maximum atomic E-state index is 4.38. The predicted octanol–water partition coefficient (Wildman–Crippen LogP) is 3.95. The molecule has 0 bridgehead atoms. The standard InChI is InChI=1S/C21H24N4/c1-2-8-18(9-3-1)16-24-14-6-10-19(17-24)23-20-11-4-5-12-21(20)25-15-7-13-22-25/h1-5,7-9,11-13,15,19,23H,6,10,14,16-17H2. The zero-order valence-electron chi connectivity index (χ0n) is 14.4. The monoisotopic (exact) mass is 332 g/mol. The summed E-state index contributed by atoms with van der Waals surface area (Å²) in [6.07, 6.45) is 6.25. The van der Waals surface area contributed by atoms with Gasteiger partial charge in [0.15, 0.2) is 0 Å². The van der Waals surface area contributed by atoms with Crippen molar-refractivity contribution in [2.24, 2.45) is 0 Å². The van der Waals surface area contributed by atoms with E-state index >= 15 is 0 Å². The number of nitrogens with zero attached hydrogens (tertiary/aromatic N) is 3. The van der Waals surface area contributed by atoms with E-state index in [9.17, 15) is 0 Å². The Morgan fingerprint density at radius 1 is 1.00 bits per heavy atom. The van der Waals surface area contributed by atoms with Gasteiger partial charge in [0.2, 0.25) is 0 Å². The van der Waals surface area contributed by atoms with Gasteiger partial charge in [0.05, 0.1) is 11.4 Å². The van der Waals surface area contributed by atoms with Crippen molar-refractivity contribution in [3.63, 3.8) is 0 Å². The van der Waals surface area contributed by atoms with Gasteiger partial charge in [0, 0.05) is 31.5 Å². The lowest BCUT2D eigenvalue weighted by Gasteiger charge is -2.34. The Morgan fingerprint density at radius 3 is 2.68 bits per heavy atom. The number of anilines is 1. The van der Waals surface area contributed by atoms with E-state index in [2.05, 4.69) is 69.9 Å². The Kier molecular flexibility index (Phi) is 4.79. The van der Waals surface area contributed by atoms with Crippen molar-refractivity contribution < 1.29 is 0 Å². The number of benzene rings is 2.